The van der Waals surface area contributed by atoms with Gasteiger partial charge in [0.2, 0.25) is 0 Å². The Kier molecular flexibility index (Phi) is 4.87. The second-order valence-corrected chi connectivity index (χ2v) is 6.87. The summed E-state index contributed by atoms with van der Waals surface area (Å²) in [6, 6.07) is 6.89. The highest BCUT2D eigenvalue weighted by Gasteiger charge is 2.31. The minimum absolute atomic E-state index is 0.291. The second-order valence-electron chi connectivity index (χ2n) is 6.87. The van der Waals surface area contributed by atoms with Crippen LogP contribution in [-0.2, 0) is 0 Å². The number of benzene rings is 1. The summed E-state index contributed by atoms with van der Waals surface area (Å²) in [4.78, 5) is 0. The number of nitrogens with one attached hydrogen (secondary N) is 1. The van der Waals surface area contributed by atoms with Crippen molar-refractivity contribution in [2.75, 3.05) is 6.54 Å². The molecule has 0 spiro atoms. The van der Waals surface area contributed by atoms with Gasteiger partial charge in [0.15, 0.2) is 0 Å². The van der Waals surface area contributed by atoms with Crippen molar-refractivity contribution in [1.29, 1.82) is 0 Å². The summed E-state index contributed by atoms with van der Waals surface area (Å²) in [5.41, 5.74) is 3.47. The maximum absolute atomic E-state index is 10.6. The van der Waals surface area contributed by atoms with Crippen molar-refractivity contribution in [3.8, 4) is 0 Å². The lowest BCUT2D eigenvalue weighted by Crippen LogP contribution is -2.44. The molecule has 1 fully saturated rings. The highest BCUT2D eigenvalue weighted by atomic mass is 16.3. The van der Waals surface area contributed by atoms with Crippen LogP contribution in [0.4, 0.5) is 0 Å². The van der Waals surface area contributed by atoms with Crippen LogP contribution in [0.15, 0.2) is 18.2 Å². The Morgan fingerprint density at radius 3 is 2.55 bits per heavy atom. The second kappa shape index (κ2) is 6.28. The normalized spacial score (nSPS) is 28.4. The molecule has 2 N–H and O–H groups in total. The monoisotopic (exact) mass is 275 g/mol. The first-order valence-corrected chi connectivity index (χ1v) is 7.92. The molecule has 1 saturated carbocycles. The molecule has 0 radical (unpaired) electrons. The summed E-state index contributed by atoms with van der Waals surface area (Å²) in [5, 5.41) is 14.2. The molecule has 2 heteroatoms. The fourth-order valence-electron chi connectivity index (χ4n) is 3.24. The largest absolute Gasteiger partial charge is 0.389 e. The van der Waals surface area contributed by atoms with E-state index in [0.717, 1.165) is 31.6 Å². The van der Waals surface area contributed by atoms with Crippen LogP contribution in [0.5, 0.6) is 0 Å². The van der Waals surface area contributed by atoms with Gasteiger partial charge >= 0.3 is 0 Å². The van der Waals surface area contributed by atoms with E-state index in [0.29, 0.717) is 12.6 Å². The minimum atomic E-state index is -0.501. The average Bonchev–Trinajstić information content (AvgIpc) is 2.40. The van der Waals surface area contributed by atoms with Crippen LogP contribution < -0.4 is 5.32 Å². The quantitative estimate of drug-likeness (QED) is 0.873. The predicted molar refractivity (Wildman–Crippen MR) is 84.9 cm³/mol. The Bertz CT molecular complexity index is 447. The van der Waals surface area contributed by atoms with Gasteiger partial charge in [0.1, 0.15) is 0 Å². The maximum Gasteiger partial charge on any atom is 0.0772 e. The molecule has 0 heterocycles. The van der Waals surface area contributed by atoms with Crippen molar-refractivity contribution in [2.24, 2.45) is 5.92 Å². The van der Waals surface area contributed by atoms with Crippen LogP contribution in [0.25, 0.3) is 0 Å². The zero-order chi connectivity index (χ0) is 14.8. The predicted octanol–water partition coefficient (Wildman–Crippen LogP) is 3.90. The molecular formula is C18H29NO. The van der Waals surface area contributed by atoms with Crippen molar-refractivity contribution in [3.63, 3.8) is 0 Å². The summed E-state index contributed by atoms with van der Waals surface area (Å²) in [6.07, 6.45) is 4.16. The number of hydrogen-bond donors (Lipinski definition) is 2. The molecule has 1 aromatic rings. The van der Waals surface area contributed by atoms with Gasteiger partial charge in [0.25, 0.3) is 0 Å². The van der Waals surface area contributed by atoms with E-state index in [1.54, 1.807) is 0 Å². The van der Waals surface area contributed by atoms with Crippen LogP contribution >= 0.6 is 0 Å². The molecular weight excluding hydrogens is 246 g/mol. The smallest absolute Gasteiger partial charge is 0.0772 e. The van der Waals surface area contributed by atoms with E-state index in [-0.39, 0.29) is 0 Å². The third-order valence-corrected chi connectivity index (χ3v) is 4.83. The third-order valence-electron chi connectivity index (χ3n) is 4.83. The first-order valence-electron chi connectivity index (χ1n) is 7.92. The molecule has 0 aromatic heterocycles. The average molecular weight is 275 g/mol. The highest BCUT2D eigenvalue weighted by Crippen LogP contribution is 2.32. The van der Waals surface area contributed by atoms with Gasteiger partial charge in [-0.3, -0.25) is 0 Å². The van der Waals surface area contributed by atoms with Crippen molar-refractivity contribution in [1.82, 2.24) is 5.32 Å². The van der Waals surface area contributed by atoms with E-state index >= 15 is 0 Å². The first kappa shape index (κ1) is 15.5. The highest BCUT2D eigenvalue weighted by molar-refractivity contribution is 5.32. The van der Waals surface area contributed by atoms with E-state index in [9.17, 15) is 5.11 Å². The molecule has 2 rings (SSSR count). The Labute approximate surface area is 123 Å². The molecule has 0 saturated heterocycles. The van der Waals surface area contributed by atoms with Crippen molar-refractivity contribution in [2.45, 2.75) is 65.0 Å². The molecule has 1 aromatic carbocycles. The fraction of sp³-hybridized carbons (Fsp3) is 0.667. The number of rotatable bonds is 4. The molecule has 1 unspecified atom stereocenters. The minimum Gasteiger partial charge on any atom is -0.389 e. The van der Waals surface area contributed by atoms with Gasteiger partial charge in [-0.1, -0.05) is 30.7 Å². The molecule has 1 aliphatic carbocycles. The van der Waals surface area contributed by atoms with Crippen LogP contribution in [0.3, 0.4) is 0 Å². The summed E-state index contributed by atoms with van der Waals surface area (Å²) in [7, 11) is 0. The van der Waals surface area contributed by atoms with Gasteiger partial charge in [-0.25, -0.2) is 0 Å². The van der Waals surface area contributed by atoms with Crippen LogP contribution in [-0.4, -0.2) is 17.3 Å². The Morgan fingerprint density at radius 1 is 1.30 bits per heavy atom. The maximum atomic E-state index is 10.6. The topological polar surface area (TPSA) is 32.3 Å². The molecule has 0 bridgehead atoms. The number of aliphatic hydroxyl groups is 1. The van der Waals surface area contributed by atoms with E-state index in [1.165, 1.54) is 16.7 Å². The van der Waals surface area contributed by atoms with Gasteiger partial charge in [0, 0.05) is 12.6 Å². The zero-order valence-corrected chi connectivity index (χ0v) is 13.4. The van der Waals surface area contributed by atoms with E-state index < -0.39 is 5.60 Å². The molecule has 1 atom stereocenters. The van der Waals surface area contributed by atoms with E-state index in [4.69, 9.17) is 0 Å². The molecule has 112 valence electrons. The summed E-state index contributed by atoms with van der Waals surface area (Å²) in [6.45, 7) is 9.46. The van der Waals surface area contributed by atoms with Crippen LogP contribution in [0, 0.1) is 19.8 Å². The molecule has 2 nitrogen and oxygen atoms in total. The van der Waals surface area contributed by atoms with E-state index in [2.05, 4.69) is 51.2 Å². The standard InChI is InChI=1S/C18H29NO/c1-13-7-9-18(20,10-8-13)12-19-16(4)17-6-5-14(2)11-15(17)3/h5-6,11,13,16,19-20H,7-10,12H2,1-4H3. The zero-order valence-electron chi connectivity index (χ0n) is 13.4. The SMILES string of the molecule is Cc1ccc(C(C)NCC2(O)CCC(C)CC2)c(C)c1. The first-order chi connectivity index (χ1) is 9.39. The lowest BCUT2D eigenvalue weighted by Gasteiger charge is -2.36. The molecule has 20 heavy (non-hydrogen) atoms. The van der Waals surface area contributed by atoms with Crippen LogP contribution in [0.2, 0.25) is 0 Å². The Balaban J connectivity index is 1.93. The van der Waals surface area contributed by atoms with Crippen molar-refractivity contribution in [3.05, 3.63) is 34.9 Å². The molecule has 0 amide bonds. The van der Waals surface area contributed by atoms with Gasteiger partial charge in [-0.05, 0) is 63.5 Å². The molecule has 1 aliphatic rings. The number of aryl methyl sites for hydroxylation is 2. The van der Waals surface area contributed by atoms with Crippen molar-refractivity contribution >= 4 is 0 Å². The fourth-order valence-corrected chi connectivity index (χ4v) is 3.24. The van der Waals surface area contributed by atoms with Gasteiger partial charge in [-0.15, -0.1) is 0 Å². The van der Waals surface area contributed by atoms with Crippen molar-refractivity contribution < 1.29 is 5.11 Å². The lowest BCUT2D eigenvalue weighted by atomic mass is 9.79. The summed E-state index contributed by atoms with van der Waals surface area (Å²) >= 11 is 0. The Morgan fingerprint density at radius 2 is 1.95 bits per heavy atom. The van der Waals surface area contributed by atoms with Gasteiger partial charge in [0.05, 0.1) is 5.60 Å². The summed E-state index contributed by atoms with van der Waals surface area (Å²) in [5.74, 6) is 0.770. The number of hydrogen-bond acceptors (Lipinski definition) is 2. The molecule has 0 aliphatic heterocycles. The van der Waals surface area contributed by atoms with Gasteiger partial charge < -0.3 is 10.4 Å². The van der Waals surface area contributed by atoms with Crippen LogP contribution in [0.1, 0.15) is 62.3 Å². The van der Waals surface area contributed by atoms with E-state index in [1.807, 2.05) is 0 Å². The Hall–Kier alpha value is -0.860. The lowest BCUT2D eigenvalue weighted by molar-refractivity contribution is -0.00785. The third kappa shape index (κ3) is 3.83. The summed E-state index contributed by atoms with van der Waals surface area (Å²) < 4.78 is 0. The van der Waals surface area contributed by atoms with Gasteiger partial charge in [-0.2, -0.15) is 0 Å².